The van der Waals surface area contributed by atoms with Gasteiger partial charge in [-0.3, -0.25) is 4.72 Å². The fourth-order valence-electron chi connectivity index (χ4n) is 1.87. The van der Waals surface area contributed by atoms with Crippen molar-refractivity contribution >= 4 is 25.5 Å². The van der Waals surface area contributed by atoms with Crippen LogP contribution in [0.2, 0.25) is 0 Å². The molecule has 1 aromatic carbocycles. The molecule has 1 N–H and O–H groups in total. The normalized spacial score (nSPS) is 22.8. The van der Waals surface area contributed by atoms with Crippen molar-refractivity contribution in [1.29, 1.82) is 0 Å². The number of anilines is 1. The minimum absolute atomic E-state index is 0.0491. The molecule has 1 aliphatic heterocycles. The maximum absolute atomic E-state index is 12.0. The van der Waals surface area contributed by atoms with Crippen LogP contribution in [-0.2, 0) is 19.9 Å². The van der Waals surface area contributed by atoms with Gasteiger partial charge in [-0.15, -0.1) is 0 Å². The van der Waals surface area contributed by atoms with E-state index in [2.05, 4.69) is 4.72 Å². The van der Waals surface area contributed by atoms with Gasteiger partial charge in [0.1, 0.15) is 0 Å². The van der Waals surface area contributed by atoms with Crippen molar-refractivity contribution in [2.75, 3.05) is 16.2 Å². The van der Waals surface area contributed by atoms with Crippen LogP contribution in [0.4, 0.5) is 5.69 Å². The first-order valence-corrected chi connectivity index (χ1v) is 8.94. The Morgan fingerprint density at radius 1 is 1.22 bits per heavy atom. The van der Waals surface area contributed by atoms with Crippen LogP contribution < -0.4 is 4.72 Å². The van der Waals surface area contributed by atoms with E-state index in [0.29, 0.717) is 5.69 Å². The lowest BCUT2D eigenvalue weighted by Gasteiger charge is -2.12. The first-order chi connectivity index (χ1) is 8.28. The Morgan fingerprint density at radius 3 is 2.33 bits per heavy atom. The monoisotopic (exact) mass is 289 g/mol. The number of aryl methyl sites for hydroxylation is 1. The minimum atomic E-state index is -3.63. The van der Waals surface area contributed by atoms with Gasteiger partial charge in [-0.2, -0.15) is 0 Å². The Hall–Kier alpha value is -1.08. The standard InChI is InChI=1S/C11H15NO4S2/c1-9-2-4-10(5-3-9)12-18(15,16)11-6-7-17(13,14)8-11/h2-5,11-12H,6-8H2,1H3/t11-/m1/s1. The first kappa shape index (κ1) is 13.4. The molecule has 18 heavy (non-hydrogen) atoms. The summed E-state index contributed by atoms with van der Waals surface area (Å²) in [4.78, 5) is 0. The zero-order valence-corrected chi connectivity index (χ0v) is 11.6. The van der Waals surface area contributed by atoms with E-state index in [1.807, 2.05) is 6.92 Å². The van der Waals surface area contributed by atoms with Gasteiger partial charge in [0, 0.05) is 5.69 Å². The predicted octanol–water partition coefficient (Wildman–Crippen LogP) is 0.924. The van der Waals surface area contributed by atoms with Crippen LogP contribution in [0.3, 0.4) is 0 Å². The molecule has 0 aliphatic carbocycles. The van der Waals surface area contributed by atoms with Crippen molar-refractivity contribution in [2.24, 2.45) is 0 Å². The highest BCUT2D eigenvalue weighted by Gasteiger charge is 2.37. The molecule has 1 aromatic rings. The van der Waals surface area contributed by atoms with E-state index in [4.69, 9.17) is 0 Å². The molecule has 0 radical (unpaired) electrons. The largest absolute Gasteiger partial charge is 0.283 e. The van der Waals surface area contributed by atoms with Gasteiger partial charge < -0.3 is 0 Å². The zero-order valence-electron chi connectivity index (χ0n) is 9.96. The third-order valence-corrected chi connectivity index (χ3v) is 6.72. The molecule has 1 atom stereocenters. The maximum atomic E-state index is 12.0. The second-order valence-electron chi connectivity index (χ2n) is 4.54. The molecule has 0 unspecified atom stereocenters. The van der Waals surface area contributed by atoms with E-state index in [1.165, 1.54) is 0 Å². The Morgan fingerprint density at radius 2 is 1.83 bits per heavy atom. The molecule has 0 spiro atoms. The van der Waals surface area contributed by atoms with Crippen LogP contribution in [0, 0.1) is 6.92 Å². The quantitative estimate of drug-likeness (QED) is 0.897. The summed E-state index contributed by atoms with van der Waals surface area (Å²) in [6, 6.07) is 6.92. The topological polar surface area (TPSA) is 80.3 Å². The number of benzene rings is 1. The minimum Gasteiger partial charge on any atom is -0.283 e. The van der Waals surface area contributed by atoms with Gasteiger partial charge in [-0.25, -0.2) is 16.8 Å². The van der Waals surface area contributed by atoms with Gasteiger partial charge in [0.05, 0.1) is 16.8 Å². The van der Waals surface area contributed by atoms with E-state index in [-0.39, 0.29) is 17.9 Å². The van der Waals surface area contributed by atoms with Crippen molar-refractivity contribution in [3.8, 4) is 0 Å². The lowest BCUT2D eigenvalue weighted by atomic mass is 10.2. The highest BCUT2D eigenvalue weighted by Crippen LogP contribution is 2.21. The number of nitrogens with one attached hydrogen (secondary N) is 1. The lowest BCUT2D eigenvalue weighted by Crippen LogP contribution is -2.28. The summed E-state index contributed by atoms with van der Waals surface area (Å²) in [5.41, 5.74) is 1.49. The molecule has 1 heterocycles. The molecule has 1 fully saturated rings. The molecule has 0 aromatic heterocycles. The number of hydrogen-bond donors (Lipinski definition) is 1. The van der Waals surface area contributed by atoms with Crippen LogP contribution in [0.5, 0.6) is 0 Å². The molecule has 0 amide bonds. The van der Waals surface area contributed by atoms with Gasteiger partial charge >= 0.3 is 0 Å². The average molecular weight is 289 g/mol. The molecule has 5 nitrogen and oxygen atoms in total. The van der Waals surface area contributed by atoms with Crippen molar-refractivity contribution in [3.63, 3.8) is 0 Å². The lowest BCUT2D eigenvalue weighted by molar-refractivity contribution is 0.587. The number of hydrogen-bond acceptors (Lipinski definition) is 4. The fraction of sp³-hybridized carbons (Fsp3) is 0.455. The van der Waals surface area contributed by atoms with Crippen LogP contribution in [0.15, 0.2) is 24.3 Å². The molecule has 1 saturated heterocycles. The summed E-state index contributed by atoms with van der Waals surface area (Å²) in [5.74, 6) is -0.333. The van der Waals surface area contributed by atoms with Crippen LogP contribution >= 0.6 is 0 Å². The van der Waals surface area contributed by atoms with E-state index < -0.39 is 25.1 Å². The van der Waals surface area contributed by atoms with Gasteiger partial charge in [0.2, 0.25) is 10.0 Å². The maximum Gasteiger partial charge on any atom is 0.236 e. The smallest absolute Gasteiger partial charge is 0.236 e. The second kappa shape index (κ2) is 4.55. The SMILES string of the molecule is Cc1ccc(NS(=O)(=O)[C@@H]2CCS(=O)(=O)C2)cc1. The molecule has 2 rings (SSSR count). The summed E-state index contributed by atoms with van der Waals surface area (Å²) < 4.78 is 49.0. The molecule has 100 valence electrons. The third-order valence-electron chi connectivity index (χ3n) is 2.94. The second-order valence-corrected chi connectivity index (χ2v) is 8.73. The zero-order chi connectivity index (χ0) is 13.4. The van der Waals surface area contributed by atoms with Gasteiger partial charge in [-0.1, -0.05) is 17.7 Å². The number of sulfonamides is 1. The summed E-state index contributed by atoms with van der Waals surface area (Å²) in [6.07, 6.45) is 0.170. The van der Waals surface area contributed by atoms with E-state index in [1.54, 1.807) is 24.3 Å². The Labute approximate surface area is 107 Å². The Balaban J connectivity index is 2.15. The summed E-state index contributed by atoms with van der Waals surface area (Å²) in [6.45, 7) is 1.90. The molecular formula is C11H15NO4S2. The summed E-state index contributed by atoms with van der Waals surface area (Å²) in [7, 11) is -6.82. The van der Waals surface area contributed by atoms with E-state index >= 15 is 0 Å². The van der Waals surface area contributed by atoms with Gasteiger partial charge in [0.15, 0.2) is 9.84 Å². The molecule has 0 saturated carbocycles. The molecule has 1 aliphatic rings. The van der Waals surface area contributed by atoms with E-state index in [0.717, 1.165) is 5.56 Å². The van der Waals surface area contributed by atoms with Crippen LogP contribution in [0.1, 0.15) is 12.0 Å². The summed E-state index contributed by atoms with van der Waals surface area (Å²) in [5, 5.41) is -0.844. The highest BCUT2D eigenvalue weighted by atomic mass is 32.2. The number of rotatable bonds is 3. The van der Waals surface area contributed by atoms with Crippen LogP contribution in [-0.4, -0.2) is 33.6 Å². The molecule has 0 bridgehead atoms. The van der Waals surface area contributed by atoms with Crippen molar-refractivity contribution < 1.29 is 16.8 Å². The van der Waals surface area contributed by atoms with Gasteiger partial charge in [-0.05, 0) is 25.5 Å². The number of sulfone groups is 1. The van der Waals surface area contributed by atoms with Crippen molar-refractivity contribution in [3.05, 3.63) is 29.8 Å². The van der Waals surface area contributed by atoms with Crippen molar-refractivity contribution in [1.82, 2.24) is 0 Å². The Bertz CT molecular complexity index is 632. The predicted molar refractivity (Wildman–Crippen MR) is 70.8 cm³/mol. The average Bonchev–Trinajstić information content (AvgIpc) is 2.63. The Kier molecular flexibility index (Phi) is 3.37. The first-order valence-electron chi connectivity index (χ1n) is 5.57. The van der Waals surface area contributed by atoms with Crippen molar-refractivity contribution in [2.45, 2.75) is 18.6 Å². The van der Waals surface area contributed by atoms with Gasteiger partial charge in [0.25, 0.3) is 0 Å². The fourth-order valence-corrected chi connectivity index (χ4v) is 5.97. The molecular weight excluding hydrogens is 274 g/mol. The molecule has 7 heteroatoms. The summed E-state index contributed by atoms with van der Waals surface area (Å²) >= 11 is 0. The highest BCUT2D eigenvalue weighted by molar-refractivity contribution is 7.97. The van der Waals surface area contributed by atoms with Crippen LogP contribution in [0.25, 0.3) is 0 Å². The van der Waals surface area contributed by atoms with E-state index in [9.17, 15) is 16.8 Å². The third kappa shape index (κ3) is 3.02.